The van der Waals surface area contributed by atoms with Gasteiger partial charge in [-0.3, -0.25) is 34.1 Å². The van der Waals surface area contributed by atoms with Gasteiger partial charge in [0.1, 0.15) is 23.7 Å². The molecule has 0 spiro atoms. The Morgan fingerprint density at radius 2 is 1.66 bits per heavy atom. The van der Waals surface area contributed by atoms with E-state index in [1.807, 2.05) is 23.9 Å². The van der Waals surface area contributed by atoms with E-state index < -0.39 is 47.4 Å². The van der Waals surface area contributed by atoms with E-state index in [-0.39, 0.29) is 59.6 Å². The minimum atomic E-state index is -2.91. The largest absolute Gasteiger partial charge is 0.444 e. The highest BCUT2D eigenvalue weighted by Gasteiger charge is 2.39. The van der Waals surface area contributed by atoms with Crippen LogP contribution in [0.2, 0.25) is 0 Å². The first kappa shape index (κ1) is 40.0. The molecule has 0 bridgehead atoms. The zero-order valence-corrected chi connectivity index (χ0v) is 32.5. The molecule has 0 unspecified atom stereocenters. The number of nitrogens with one attached hydrogen (secondary N) is 2. The van der Waals surface area contributed by atoms with Crippen LogP contribution in [-0.4, -0.2) is 113 Å². The number of carbonyl (C=O) groups excluding carboxylic acids is 4. The fourth-order valence-corrected chi connectivity index (χ4v) is 8.50. The molecule has 2 N–H and O–H groups in total. The first-order valence-corrected chi connectivity index (χ1v) is 19.7. The van der Waals surface area contributed by atoms with Crippen LogP contribution >= 0.6 is 0 Å². The van der Waals surface area contributed by atoms with Gasteiger partial charge in [-0.15, -0.1) is 0 Å². The van der Waals surface area contributed by atoms with Gasteiger partial charge in [0, 0.05) is 95.0 Å². The molecule has 3 aliphatic heterocycles. The summed E-state index contributed by atoms with van der Waals surface area (Å²) in [6.07, 6.45) is 4.36. The van der Waals surface area contributed by atoms with Crippen LogP contribution in [0.15, 0.2) is 47.3 Å². The van der Waals surface area contributed by atoms with E-state index in [4.69, 9.17) is 4.42 Å². The fourth-order valence-electron chi connectivity index (χ4n) is 8.50. The molecule has 4 aliphatic rings. The van der Waals surface area contributed by atoms with Crippen molar-refractivity contribution in [2.75, 3.05) is 68.5 Å². The summed E-state index contributed by atoms with van der Waals surface area (Å²) in [4.78, 5) is 66.4. The van der Waals surface area contributed by atoms with Crippen LogP contribution in [0.5, 0.6) is 0 Å². The Balaban J connectivity index is 0.805. The van der Waals surface area contributed by atoms with Gasteiger partial charge in [0.05, 0.1) is 23.6 Å². The number of aromatic nitrogens is 4. The van der Waals surface area contributed by atoms with Crippen molar-refractivity contribution >= 4 is 40.8 Å². The number of alkyl halides is 2. The van der Waals surface area contributed by atoms with E-state index in [1.54, 1.807) is 23.2 Å². The van der Waals surface area contributed by atoms with Gasteiger partial charge in [0.15, 0.2) is 11.4 Å². The van der Waals surface area contributed by atoms with Crippen molar-refractivity contribution in [3.05, 3.63) is 71.5 Å². The molecular weight excluding hydrogens is 776 g/mol. The highest BCUT2D eigenvalue weighted by molar-refractivity contribution is 6.03. The summed E-state index contributed by atoms with van der Waals surface area (Å²) in [6, 6.07) is 5.92. The van der Waals surface area contributed by atoms with Gasteiger partial charge in [0.25, 0.3) is 12.3 Å². The number of piperidine rings is 1. The first-order valence-electron chi connectivity index (χ1n) is 19.7. The van der Waals surface area contributed by atoms with Gasteiger partial charge in [-0.1, -0.05) is 0 Å². The Bertz CT molecular complexity index is 2220. The molecule has 1 saturated carbocycles. The number of pyridine rings is 1. The molecule has 4 amide bonds. The highest BCUT2D eigenvalue weighted by Crippen LogP contribution is 2.37. The third kappa shape index (κ3) is 8.24. The number of imide groups is 1. The number of carbonyl (C=O) groups is 4. The van der Waals surface area contributed by atoms with Crippen molar-refractivity contribution in [3.8, 4) is 11.5 Å². The minimum Gasteiger partial charge on any atom is -0.444 e. The van der Waals surface area contributed by atoms with Crippen LogP contribution in [0.4, 0.5) is 34.8 Å². The van der Waals surface area contributed by atoms with Crippen LogP contribution in [0.3, 0.4) is 0 Å². The predicted molar refractivity (Wildman–Crippen MR) is 206 cm³/mol. The fraction of sp³-hybridized carbons (Fsp3) is 0.475. The Hall–Kier alpha value is -5.85. The first-order chi connectivity index (χ1) is 28.3. The lowest BCUT2D eigenvalue weighted by atomic mass is 9.89. The maximum atomic E-state index is 15.1. The lowest BCUT2D eigenvalue weighted by molar-refractivity contribution is -0.138. The van der Waals surface area contributed by atoms with E-state index in [0.29, 0.717) is 69.2 Å². The maximum absolute atomic E-state index is 15.1. The summed E-state index contributed by atoms with van der Waals surface area (Å²) in [6.45, 7) is 3.10. The number of nitrogens with zero attached hydrogens (tertiary/aromatic N) is 8. The Morgan fingerprint density at radius 1 is 0.966 bits per heavy atom. The zero-order chi connectivity index (χ0) is 41.5. The van der Waals surface area contributed by atoms with Crippen LogP contribution in [0.1, 0.15) is 78.7 Å². The van der Waals surface area contributed by atoms with Gasteiger partial charge < -0.3 is 24.4 Å². The van der Waals surface area contributed by atoms with Crippen LogP contribution in [-0.2, 0) is 14.4 Å². The molecule has 19 heteroatoms. The molecule has 1 atom stereocenters. The molecule has 312 valence electrons. The topological polar surface area (TPSA) is 162 Å². The van der Waals surface area contributed by atoms with Gasteiger partial charge in [-0.25, -0.2) is 27.5 Å². The molecule has 1 aliphatic carbocycles. The molecule has 3 saturated heterocycles. The molecule has 1 aromatic carbocycles. The van der Waals surface area contributed by atoms with Gasteiger partial charge in [0.2, 0.25) is 23.6 Å². The standard InChI is InChI=1S/C40H44F4N10O5/c1-50(2)32-15-22(9-10-45-32)39-47-31(21-59-39)38(57)46-30-20-54(49-35(30)36(43)44)25-5-3-24(4-6-25)51-11-13-52(14-12-51)40(58)23-18-53(19-23)26-16-28(41)34(29(42)17-26)27-7-8-33(55)48-37(27)56/h9-10,15-17,20-21,23-25,27,36H,3-8,11-14,18-19H2,1-2H3,(H,46,57)(H,48,55,56)/t24?,25?,27-/m1/s1. The second-order valence-corrected chi connectivity index (χ2v) is 15.8. The Labute approximate surface area is 336 Å². The molecule has 3 aromatic heterocycles. The van der Waals surface area contributed by atoms with Crippen LogP contribution in [0.25, 0.3) is 11.5 Å². The monoisotopic (exact) mass is 820 g/mol. The summed E-state index contributed by atoms with van der Waals surface area (Å²) in [5.74, 6) is -4.13. The van der Waals surface area contributed by atoms with Crippen LogP contribution in [0, 0.1) is 17.6 Å². The zero-order valence-electron chi connectivity index (χ0n) is 32.5. The molecule has 59 heavy (non-hydrogen) atoms. The summed E-state index contributed by atoms with van der Waals surface area (Å²) in [7, 11) is 3.67. The summed E-state index contributed by atoms with van der Waals surface area (Å²) >= 11 is 0. The number of benzene rings is 1. The van der Waals surface area contributed by atoms with Crippen molar-refractivity contribution in [2.24, 2.45) is 5.92 Å². The molecule has 15 nitrogen and oxygen atoms in total. The number of halogens is 4. The van der Waals surface area contributed by atoms with Gasteiger partial charge >= 0.3 is 0 Å². The number of hydrogen-bond acceptors (Lipinski definition) is 11. The lowest BCUT2D eigenvalue weighted by Gasteiger charge is -2.45. The third-order valence-corrected chi connectivity index (χ3v) is 11.8. The second-order valence-electron chi connectivity index (χ2n) is 15.8. The highest BCUT2D eigenvalue weighted by atomic mass is 19.3. The van der Waals surface area contributed by atoms with Crippen molar-refractivity contribution in [3.63, 3.8) is 0 Å². The van der Waals surface area contributed by atoms with Gasteiger partial charge in [-0.2, -0.15) is 5.10 Å². The average molecular weight is 821 g/mol. The average Bonchev–Trinajstić information content (AvgIpc) is 3.87. The molecule has 4 fully saturated rings. The predicted octanol–water partition coefficient (Wildman–Crippen LogP) is 4.75. The summed E-state index contributed by atoms with van der Waals surface area (Å²) in [5.41, 5.74) is -0.138. The van der Waals surface area contributed by atoms with Crippen molar-refractivity contribution in [2.45, 2.75) is 63.0 Å². The van der Waals surface area contributed by atoms with E-state index in [0.717, 1.165) is 12.8 Å². The smallest absolute Gasteiger partial charge is 0.284 e. The number of rotatable bonds is 10. The van der Waals surface area contributed by atoms with Crippen LogP contribution < -0.4 is 20.4 Å². The van der Waals surface area contributed by atoms with E-state index in [9.17, 15) is 28.0 Å². The third-order valence-electron chi connectivity index (χ3n) is 11.8. The molecular formula is C40H44F4N10O5. The number of anilines is 3. The Kier molecular flexibility index (Phi) is 11.1. The molecule has 0 radical (unpaired) electrons. The number of oxazole rings is 1. The Morgan fingerprint density at radius 3 is 2.32 bits per heavy atom. The summed E-state index contributed by atoms with van der Waals surface area (Å²) in [5, 5.41) is 8.87. The number of hydrogen-bond donors (Lipinski definition) is 2. The quantitative estimate of drug-likeness (QED) is 0.168. The van der Waals surface area contributed by atoms with E-state index in [2.05, 4.69) is 30.6 Å². The molecule has 6 heterocycles. The maximum Gasteiger partial charge on any atom is 0.284 e. The number of amides is 4. The van der Waals surface area contributed by atoms with E-state index in [1.165, 1.54) is 29.3 Å². The summed E-state index contributed by atoms with van der Waals surface area (Å²) < 4.78 is 65.4. The van der Waals surface area contributed by atoms with Crippen molar-refractivity contribution < 1.29 is 41.2 Å². The molecule has 4 aromatic rings. The SMILES string of the molecule is CN(C)c1cc(-c2nc(C(=O)Nc3cn(C4CCC(N5CCN(C(=O)C6CN(c7cc(F)c([C@H]8CCC(=O)NC8=O)c(F)c7)C6)CC5)CC4)nc3C(F)F)co2)ccn1. The normalized spacial score (nSPS) is 21.7. The molecule has 8 rings (SSSR count). The second kappa shape index (κ2) is 16.4. The van der Waals surface area contributed by atoms with Gasteiger partial charge in [-0.05, 0) is 56.4 Å². The minimum absolute atomic E-state index is 0.00143. The number of piperazine rings is 1. The lowest BCUT2D eigenvalue weighted by Crippen LogP contribution is -2.59. The van der Waals surface area contributed by atoms with E-state index >= 15 is 8.78 Å². The van der Waals surface area contributed by atoms with Crippen molar-refractivity contribution in [1.29, 1.82) is 0 Å². The van der Waals surface area contributed by atoms with Crippen molar-refractivity contribution in [1.82, 2.24) is 34.9 Å².